The number of carbonyl (C=O) groups excluding carboxylic acids is 1. The summed E-state index contributed by atoms with van der Waals surface area (Å²) in [6, 6.07) is 10.6. The molecule has 3 aromatic heterocycles. The van der Waals surface area contributed by atoms with Gasteiger partial charge in [0.2, 0.25) is 6.33 Å². The van der Waals surface area contributed by atoms with Gasteiger partial charge >= 0.3 is 11.1 Å². The lowest BCUT2D eigenvalue weighted by atomic mass is 10.2. The van der Waals surface area contributed by atoms with E-state index in [1.807, 2.05) is 29.8 Å². The van der Waals surface area contributed by atoms with Gasteiger partial charge in [-0.25, -0.2) is 9.55 Å². The number of rotatable bonds is 6. The fourth-order valence-corrected chi connectivity index (χ4v) is 4.05. The number of halogens is 1. The van der Waals surface area contributed by atoms with E-state index in [-0.39, 0.29) is 5.91 Å². The number of aryl methyl sites for hydroxylation is 1. The largest absolute Gasteiger partial charge is 0.343 e. The quantitative estimate of drug-likeness (QED) is 0.344. The van der Waals surface area contributed by atoms with Crippen molar-refractivity contribution in [3.05, 3.63) is 96.9 Å². The first-order chi connectivity index (χ1) is 15.0. The van der Waals surface area contributed by atoms with Gasteiger partial charge in [0.15, 0.2) is 5.69 Å². The molecule has 0 atom stereocenters. The Bertz CT molecular complexity index is 1350. The second-order valence-electron chi connectivity index (χ2n) is 6.70. The topological polar surface area (TPSA) is 92.8 Å². The van der Waals surface area contributed by atoms with Crippen LogP contribution in [0.1, 0.15) is 22.3 Å². The van der Waals surface area contributed by atoms with Crippen molar-refractivity contribution in [3.8, 4) is 11.4 Å². The van der Waals surface area contributed by atoms with Gasteiger partial charge in [-0.05, 0) is 43.3 Å². The number of amides is 1. The highest BCUT2D eigenvalue weighted by Gasteiger charge is 2.13. The van der Waals surface area contributed by atoms with Gasteiger partial charge in [0.1, 0.15) is 11.9 Å². The molecule has 0 aliphatic heterocycles. The van der Waals surface area contributed by atoms with E-state index in [1.165, 1.54) is 20.5 Å². The van der Waals surface area contributed by atoms with Gasteiger partial charge < -0.3 is 9.88 Å². The number of hydrogen-bond donors (Lipinski definition) is 2. The SMILES string of the molecule is CCn1ccn(-c2ccc(-[n+]3c[nH]c(CNC(=O)c4ccc(Cl)s4)c3)cc2)c(=O)c1=O. The van der Waals surface area contributed by atoms with Crippen LogP contribution in [0.4, 0.5) is 0 Å². The molecular weight excluding hydrogens is 438 g/mol. The van der Waals surface area contributed by atoms with E-state index in [0.29, 0.717) is 28.0 Å². The van der Waals surface area contributed by atoms with Crippen molar-refractivity contribution < 1.29 is 9.36 Å². The maximum Gasteiger partial charge on any atom is 0.320 e. The first kappa shape index (κ1) is 20.8. The number of benzene rings is 1. The van der Waals surface area contributed by atoms with Crippen molar-refractivity contribution in [3.63, 3.8) is 0 Å². The molecule has 0 aliphatic rings. The minimum Gasteiger partial charge on any atom is -0.343 e. The van der Waals surface area contributed by atoms with Gasteiger partial charge in [-0.2, -0.15) is 0 Å². The van der Waals surface area contributed by atoms with Crippen molar-refractivity contribution in [2.45, 2.75) is 20.0 Å². The minimum atomic E-state index is -0.587. The summed E-state index contributed by atoms with van der Waals surface area (Å²) in [5.41, 5.74) is 1.14. The highest BCUT2D eigenvalue weighted by Crippen LogP contribution is 2.21. The summed E-state index contributed by atoms with van der Waals surface area (Å²) >= 11 is 7.10. The highest BCUT2D eigenvalue weighted by molar-refractivity contribution is 7.17. The molecule has 4 rings (SSSR count). The Hall–Kier alpha value is -3.43. The molecule has 3 heterocycles. The molecule has 10 heteroatoms. The van der Waals surface area contributed by atoms with Gasteiger partial charge in [-0.1, -0.05) is 11.6 Å². The van der Waals surface area contributed by atoms with E-state index in [2.05, 4.69) is 10.3 Å². The van der Waals surface area contributed by atoms with Crippen LogP contribution in [-0.4, -0.2) is 20.0 Å². The second kappa shape index (κ2) is 8.75. The van der Waals surface area contributed by atoms with Crippen molar-refractivity contribution in [1.82, 2.24) is 19.4 Å². The molecule has 0 bridgehead atoms. The Morgan fingerprint density at radius 1 is 1.13 bits per heavy atom. The predicted octanol–water partition coefficient (Wildman–Crippen LogP) is 2.27. The number of imidazole rings is 1. The first-order valence-corrected chi connectivity index (χ1v) is 10.7. The van der Waals surface area contributed by atoms with Crippen LogP contribution >= 0.6 is 22.9 Å². The number of carbonyl (C=O) groups is 1. The van der Waals surface area contributed by atoms with E-state index in [1.54, 1.807) is 43.0 Å². The Labute approximate surface area is 186 Å². The van der Waals surface area contributed by atoms with Crippen molar-refractivity contribution in [1.29, 1.82) is 0 Å². The van der Waals surface area contributed by atoms with Crippen LogP contribution in [0.2, 0.25) is 4.34 Å². The third-order valence-corrected chi connectivity index (χ3v) is 5.98. The molecule has 2 N–H and O–H groups in total. The number of nitrogens with zero attached hydrogens (tertiary/aromatic N) is 3. The van der Waals surface area contributed by atoms with Crippen LogP contribution in [-0.2, 0) is 13.1 Å². The zero-order chi connectivity index (χ0) is 22.0. The first-order valence-electron chi connectivity index (χ1n) is 9.51. The Balaban J connectivity index is 1.47. The van der Waals surface area contributed by atoms with Gasteiger partial charge in [-0.15, -0.1) is 11.3 Å². The second-order valence-corrected chi connectivity index (χ2v) is 8.42. The lowest BCUT2D eigenvalue weighted by molar-refractivity contribution is -0.594. The highest BCUT2D eigenvalue weighted by atomic mass is 35.5. The summed E-state index contributed by atoms with van der Waals surface area (Å²) in [6.45, 7) is 2.59. The fraction of sp³-hybridized carbons (Fsp3) is 0.143. The zero-order valence-electron chi connectivity index (χ0n) is 16.5. The van der Waals surface area contributed by atoms with Crippen LogP contribution in [0.25, 0.3) is 11.4 Å². The van der Waals surface area contributed by atoms with Crippen molar-refractivity contribution in [2.24, 2.45) is 0 Å². The number of nitrogens with one attached hydrogen (secondary N) is 2. The zero-order valence-corrected chi connectivity index (χ0v) is 18.1. The molecular formula is C21H19ClN5O3S+. The lowest BCUT2D eigenvalue weighted by Crippen LogP contribution is -2.39. The normalized spacial score (nSPS) is 10.9. The van der Waals surface area contributed by atoms with Crippen LogP contribution in [0.15, 0.2) is 70.9 Å². The minimum absolute atomic E-state index is 0.183. The molecule has 1 amide bonds. The monoisotopic (exact) mass is 456 g/mol. The molecule has 158 valence electrons. The maximum atomic E-state index is 12.3. The number of H-pyrrole nitrogens is 1. The molecule has 0 unspecified atom stereocenters. The van der Waals surface area contributed by atoms with Crippen LogP contribution in [0.3, 0.4) is 0 Å². The summed E-state index contributed by atoms with van der Waals surface area (Å²) in [5.74, 6) is -0.183. The molecule has 0 fully saturated rings. The van der Waals surface area contributed by atoms with Gasteiger partial charge in [0.05, 0.1) is 15.8 Å². The molecule has 0 aliphatic carbocycles. The Morgan fingerprint density at radius 3 is 2.58 bits per heavy atom. The maximum absolute atomic E-state index is 12.3. The van der Waals surface area contributed by atoms with Crippen molar-refractivity contribution in [2.75, 3.05) is 0 Å². The third-order valence-electron chi connectivity index (χ3n) is 4.75. The lowest BCUT2D eigenvalue weighted by Gasteiger charge is -2.07. The fourth-order valence-electron chi connectivity index (χ4n) is 3.09. The molecule has 8 nitrogen and oxygen atoms in total. The summed E-state index contributed by atoms with van der Waals surface area (Å²) in [4.78, 5) is 40.2. The average Bonchev–Trinajstić information content (AvgIpc) is 3.43. The number of hydrogen-bond acceptors (Lipinski definition) is 4. The molecule has 0 radical (unpaired) electrons. The van der Waals surface area contributed by atoms with E-state index in [9.17, 15) is 14.4 Å². The molecule has 31 heavy (non-hydrogen) atoms. The van der Waals surface area contributed by atoms with E-state index in [0.717, 1.165) is 11.4 Å². The van der Waals surface area contributed by atoms with Crippen LogP contribution < -0.4 is 21.0 Å². The third kappa shape index (κ3) is 4.37. The summed E-state index contributed by atoms with van der Waals surface area (Å²) in [7, 11) is 0. The number of aromatic nitrogens is 4. The summed E-state index contributed by atoms with van der Waals surface area (Å²) in [5, 5.41) is 2.84. The van der Waals surface area contributed by atoms with E-state index >= 15 is 0 Å². The van der Waals surface area contributed by atoms with Gasteiger partial charge in [-0.3, -0.25) is 19.0 Å². The van der Waals surface area contributed by atoms with Gasteiger partial charge in [0.25, 0.3) is 5.91 Å². The van der Waals surface area contributed by atoms with E-state index < -0.39 is 11.1 Å². The van der Waals surface area contributed by atoms with Crippen LogP contribution in [0, 0.1) is 0 Å². The number of thiophene rings is 1. The Morgan fingerprint density at radius 2 is 1.90 bits per heavy atom. The molecule has 1 aromatic carbocycles. The van der Waals surface area contributed by atoms with E-state index in [4.69, 9.17) is 11.6 Å². The number of aromatic amines is 1. The van der Waals surface area contributed by atoms with Crippen LogP contribution in [0.5, 0.6) is 0 Å². The molecule has 4 aromatic rings. The van der Waals surface area contributed by atoms with Crippen molar-refractivity contribution >= 4 is 28.8 Å². The molecule has 0 saturated carbocycles. The molecule has 0 saturated heterocycles. The average molecular weight is 457 g/mol. The smallest absolute Gasteiger partial charge is 0.320 e. The predicted molar refractivity (Wildman–Crippen MR) is 118 cm³/mol. The summed E-state index contributed by atoms with van der Waals surface area (Å²) in [6.07, 6.45) is 6.83. The molecule has 0 spiro atoms. The standard InChI is InChI=1S/C21H18ClN5O3S/c1-2-25-9-10-27(21(30)20(25)29)16-5-3-15(4-6-16)26-12-14(24-13-26)11-23-19(28)17-7-8-18(22)31-17/h3-10,12-13H,2,11H2,1H3,(H,23,28)/p+1. The van der Waals surface area contributed by atoms with Gasteiger partial charge in [0, 0.05) is 24.6 Å². The summed E-state index contributed by atoms with van der Waals surface area (Å²) < 4.78 is 5.14. The Kier molecular flexibility index (Phi) is 5.88.